The highest BCUT2D eigenvalue weighted by molar-refractivity contribution is 5.89. The summed E-state index contributed by atoms with van der Waals surface area (Å²) >= 11 is 0. The van der Waals surface area contributed by atoms with Crippen molar-refractivity contribution in [1.29, 1.82) is 0 Å². The van der Waals surface area contributed by atoms with E-state index in [9.17, 15) is 19.2 Å². The maximum absolute atomic E-state index is 13.1. The van der Waals surface area contributed by atoms with Crippen molar-refractivity contribution in [1.82, 2.24) is 5.32 Å². The molecule has 220 valence electrons. The van der Waals surface area contributed by atoms with E-state index in [1.54, 1.807) is 0 Å². The van der Waals surface area contributed by atoms with Crippen molar-refractivity contribution in [2.45, 2.75) is 51.4 Å². The number of ether oxygens (including phenoxy) is 1. The van der Waals surface area contributed by atoms with Crippen LogP contribution in [0.2, 0.25) is 0 Å². The Balaban J connectivity index is 0.00000237. The van der Waals surface area contributed by atoms with Crippen molar-refractivity contribution in [3.63, 3.8) is 0 Å². The summed E-state index contributed by atoms with van der Waals surface area (Å²) < 4.78 is 5.77. The van der Waals surface area contributed by atoms with Gasteiger partial charge in [-0.15, -0.1) is 0 Å². The van der Waals surface area contributed by atoms with E-state index in [-0.39, 0.29) is 43.1 Å². The number of amides is 1. The molecule has 0 heterocycles. The number of hydrogen-bond donors (Lipinski definition) is 1. The van der Waals surface area contributed by atoms with Gasteiger partial charge in [0.1, 0.15) is 19.7 Å². The summed E-state index contributed by atoms with van der Waals surface area (Å²) in [5.41, 5.74) is 5.51. The summed E-state index contributed by atoms with van der Waals surface area (Å²) in [5.74, 6) is -1.30. The number of rotatable bonds is 15. The van der Waals surface area contributed by atoms with Gasteiger partial charge in [-0.1, -0.05) is 85.8 Å². The van der Waals surface area contributed by atoms with E-state index in [1.807, 2.05) is 68.3 Å². The number of esters is 1. The predicted octanol–water partition coefficient (Wildman–Crippen LogP) is 5.49. The smallest absolute Gasteiger partial charge is 0.306 e. The molecule has 42 heavy (non-hydrogen) atoms. The number of carbonyl (C=O) groups is 5. The number of Topliss-reactive ketones (excluding diaryl/α,β-unsaturated/α-hetero) is 1. The first-order valence-electron chi connectivity index (χ1n) is 14.4. The van der Waals surface area contributed by atoms with Crippen LogP contribution >= 0.6 is 0 Å². The lowest BCUT2D eigenvalue weighted by Gasteiger charge is -2.18. The molecule has 0 aliphatic heterocycles. The average molecular weight is 570 g/mol. The first kappa shape index (κ1) is 32.1. The van der Waals surface area contributed by atoms with Crippen LogP contribution in [0.25, 0.3) is 11.1 Å². The van der Waals surface area contributed by atoms with Crippen molar-refractivity contribution in [2.24, 2.45) is 11.8 Å². The van der Waals surface area contributed by atoms with Gasteiger partial charge >= 0.3 is 5.97 Å². The summed E-state index contributed by atoms with van der Waals surface area (Å²) in [6.07, 6.45) is 3.49. The van der Waals surface area contributed by atoms with Crippen molar-refractivity contribution in [2.75, 3.05) is 13.2 Å². The van der Waals surface area contributed by atoms with Crippen LogP contribution < -0.4 is 5.32 Å². The molecule has 3 aromatic rings. The molecule has 0 spiro atoms. The van der Waals surface area contributed by atoms with E-state index in [2.05, 4.69) is 29.6 Å². The zero-order chi connectivity index (χ0) is 30.3. The van der Waals surface area contributed by atoms with Crippen molar-refractivity contribution >= 4 is 30.7 Å². The van der Waals surface area contributed by atoms with Crippen molar-refractivity contribution < 1.29 is 28.7 Å². The Morgan fingerprint density at radius 1 is 0.905 bits per heavy atom. The van der Waals surface area contributed by atoms with Crippen LogP contribution in [-0.2, 0) is 35.1 Å². The third-order valence-electron chi connectivity index (χ3n) is 7.59. The lowest BCUT2D eigenvalue weighted by atomic mass is 9.95. The van der Waals surface area contributed by atoms with E-state index >= 15 is 0 Å². The molecule has 0 saturated carbocycles. The molecular formula is C35H39NO6. The quantitative estimate of drug-likeness (QED) is 0.192. The van der Waals surface area contributed by atoms with Gasteiger partial charge in [-0.25, -0.2) is 0 Å². The average Bonchev–Trinajstić information content (AvgIpc) is 3.33. The van der Waals surface area contributed by atoms with Gasteiger partial charge in [0.05, 0.1) is 18.9 Å². The number of ketones is 1. The predicted molar refractivity (Wildman–Crippen MR) is 162 cm³/mol. The molecule has 7 heteroatoms. The fraction of sp³-hybridized carbons (Fsp3) is 0.343. The maximum Gasteiger partial charge on any atom is 0.306 e. The van der Waals surface area contributed by atoms with Gasteiger partial charge < -0.3 is 19.6 Å². The molecule has 1 amide bonds. The fourth-order valence-electron chi connectivity index (χ4n) is 5.38. The van der Waals surface area contributed by atoms with Crippen LogP contribution in [-0.4, -0.2) is 43.9 Å². The molecule has 1 aliphatic rings. The topological polar surface area (TPSA) is 107 Å². The highest BCUT2D eigenvalue weighted by atomic mass is 16.5. The lowest BCUT2D eigenvalue weighted by Crippen LogP contribution is -2.37. The van der Waals surface area contributed by atoms with Gasteiger partial charge in [-0.3, -0.25) is 14.4 Å². The lowest BCUT2D eigenvalue weighted by molar-refractivity contribution is -0.147. The SMILES string of the molecule is C=O.CC(CC=O)CCCC(=O)CNC(=O)C(CC(=O)OCC1c2ccccc2-c2ccccc21)Cc1ccccc1. The number of benzene rings is 3. The second-order valence-corrected chi connectivity index (χ2v) is 10.7. The minimum absolute atomic E-state index is 0.0513. The second kappa shape index (κ2) is 16.8. The van der Waals surface area contributed by atoms with Gasteiger partial charge in [-0.2, -0.15) is 0 Å². The minimum atomic E-state index is -0.654. The van der Waals surface area contributed by atoms with Crippen molar-refractivity contribution in [3.05, 3.63) is 95.6 Å². The van der Waals surface area contributed by atoms with E-state index in [1.165, 1.54) is 0 Å². The molecule has 2 unspecified atom stereocenters. The van der Waals surface area contributed by atoms with Gasteiger partial charge in [0, 0.05) is 18.8 Å². The molecule has 2 atom stereocenters. The molecule has 0 radical (unpaired) electrons. The molecule has 0 saturated heterocycles. The van der Waals surface area contributed by atoms with Crippen molar-refractivity contribution in [3.8, 4) is 11.1 Å². The Hall–Kier alpha value is -4.39. The van der Waals surface area contributed by atoms with E-state index in [0.29, 0.717) is 25.7 Å². The molecule has 4 rings (SSSR count). The number of carbonyl (C=O) groups excluding carboxylic acids is 5. The molecule has 1 N–H and O–H groups in total. The minimum Gasteiger partial charge on any atom is -0.465 e. The highest BCUT2D eigenvalue weighted by Gasteiger charge is 2.30. The summed E-state index contributed by atoms with van der Waals surface area (Å²) in [6.45, 7) is 4.11. The molecular weight excluding hydrogens is 530 g/mol. The Morgan fingerprint density at radius 3 is 2.12 bits per heavy atom. The van der Waals surface area contributed by atoms with Crippen LogP contribution in [0.1, 0.15) is 61.6 Å². The van der Waals surface area contributed by atoms with Gasteiger partial charge in [0.25, 0.3) is 0 Å². The van der Waals surface area contributed by atoms with Gasteiger partial charge in [0.15, 0.2) is 5.78 Å². The van der Waals surface area contributed by atoms with Gasteiger partial charge in [0.2, 0.25) is 5.91 Å². The van der Waals surface area contributed by atoms with E-state index in [0.717, 1.165) is 40.5 Å². The normalized spacial score (nSPS) is 13.0. The molecule has 1 aliphatic carbocycles. The van der Waals surface area contributed by atoms with Gasteiger partial charge in [-0.05, 0) is 53.0 Å². The van der Waals surface area contributed by atoms with E-state index < -0.39 is 11.9 Å². The number of hydrogen-bond acceptors (Lipinski definition) is 6. The van der Waals surface area contributed by atoms with Crippen LogP contribution in [0.15, 0.2) is 78.9 Å². The van der Waals surface area contributed by atoms with Crippen LogP contribution in [0.5, 0.6) is 0 Å². The van der Waals surface area contributed by atoms with Crippen LogP contribution in [0.3, 0.4) is 0 Å². The zero-order valence-electron chi connectivity index (χ0n) is 24.1. The highest BCUT2D eigenvalue weighted by Crippen LogP contribution is 2.44. The molecule has 0 aromatic heterocycles. The van der Waals surface area contributed by atoms with Crippen LogP contribution in [0.4, 0.5) is 0 Å². The third-order valence-corrected chi connectivity index (χ3v) is 7.59. The zero-order valence-corrected chi connectivity index (χ0v) is 24.1. The number of nitrogens with one attached hydrogen (secondary N) is 1. The maximum atomic E-state index is 13.1. The first-order chi connectivity index (χ1) is 20.5. The summed E-state index contributed by atoms with van der Waals surface area (Å²) in [4.78, 5) is 57.1. The fourth-order valence-corrected chi connectivity index (χ4v) is 5.38. The number of aldehydes is 1. The third kappa shape index (κ3) is 9.06. The van der Waals surface area contributed by atoms with E-state index in [4.69, 9.17) is 9.53 Å². The Kier molecular flexibility index (Phi) is 12.8. The standard InChI is InChI=1S/C34H37NO5.CH2O/c1-24(18-19-36)10-9-13-27(37)22-35-34(39)26(20-25-11-3-2-4-12-25)21-33(38)40-23-32-30-16-7-5-14-28(30)29-15-6-8-17-31(29)32;1-2/h2-8,11-12,14-17,19,24,26,32H,9-10,13,18,20-23H2,1H3,(H,35,39);1H2. The number of fused-ring (bicyclic) bond motifs is 3. The summed E-state index contributed by atoms with van der Waals surface area (Å²) in [5, 5.41) is 2.74. The summed E-state index contributed by atoms with van der Waals surface area (Å²) in [7, 11) is 0. The molecule has 3 aromatic carbocycles. The Morgan fingerprint density at radius 2 is 1.50 bits per heavy atom. The Bertz CT molecular complexity index is 1290. The Labute approximate surface area is 247 Å². The summed E-state index contributed by atoms with van der Waals surface area (Å²) in [6, 6.07) is 25.8. The molecule has 7 nitrogen and oxygen atoms in total. The van der Waals surface area contributed by atoms with Crippen LogP contribution in [0, 0.1) is 11.8 Å². The molecule has 0 fully saturated rings. The first-order valence-corrected chi connectivity index (χ1v) is 14.4. The molecule has 0 bridgehead atoms. The second-order valence-electron chi connectivity index (χ2n) is 10.7. The monoisotopic (exact) mass is 569 g/mol. The largest absolute Gasteiger partial charge is 0.465 e.